The Morgan fingerprint density at radius 3 is 3.00 bits per heavy atom. The first kappa shape index (κ1) is 14.3. The van der Waals surface area contributed by atoms with Crippen molar-refractivity contribution in [3.8, 4) is 6.07 Å². The van der Waals surface area contributed by atoms with E-state index in [1.54, 1.807) is 6.20 Å². The number of nitrogens with zero attached hydrogens (tertiary/aromatic N) is 4. The average Bonchev–Trinajstić information content (AvgIpc) is 3.10. The van der Waals surface area contributed by atoms with Crippen LogP contribution in [0.5, 0.6) is 0 Å². The van der Waals surface area contributed by atoms with Crippen molar-refractivity contribution >= 4 is 5.71 Å². The van der Waals surface area contributed by atoms with E-state index in [1.165, 1.54) is 6.20 Å². The highest BCUT2D eigenvalue weighted by Crippen LogP contribution is 2.26. The third-order valence-corrected chi connectivity index (χ3v) is 4.09. The fraction of sp³-hybridized carbons (Fsp3) is 0.312. The van der Waals surface area contributed by atoms with Gasteiger partial charge in [-0.2, -0.15) is 10.4 Å². The molecule has 0 radical (unpaired) electrons. The van der Waals surface area contributed by atoms with Gasteiger partial charge in [0.2, 0.25) is 0 Å². The van der Waals surface area contributed by atoms with Crippen LogP contribution in [0, 0.1) is 18.3 Å². The van der Waals surface area contributed by atoms with Gasteiger partial charge in [-0.15, -0.1) is 0 Å². The molecule has 2 aromatic heterocycles. The van der Waals surface area contributed by atoms with Crippen molar-refractivity contribution < 1.29 is 0 Å². The van der Waals surface area contributed by atoms with Gasteiger partial charge in [0, 0.05) is 48.5 Å². The van der Waals surface area contributed by atoms with Crippen LogP contribution in [-0.4, -0.2) is 33.6 Å². The predicted octanol–water partition coefficient (Wildman–Crippen LogP) is 1.71. The molecular formula is C16H18N6. The molecule has 1 saturated heterocycles. The molecule has 0 amide bonds. The number of hydrogen-bond acceptors (Lipinski definition) is 4. The van der Waals surface area contributed by atoms with Crippen molar-refractivity contribution in [3.63, 3.8) is 0 Å². The maximum atomic E-state index is 9.06. The molecule has 0 aromatic carbocycles. The first-order chi connectivity index (χ1) is 10.7. The van der Waals surface area contributed by atoms with Crippen LogP contribution < -0.4 is 5.32 Å². The third kappa shape index (κ3) is 2.26. The van der Waals surface area contributed by atoms with Gasteiger partial charge in [-0.3, -0.25) is 9.67 Å². The van der Waals surface area contributed by atoms with Crippen molar-refractivity contribution in [1.82, 2.24) is 20.1 Å². The van der Waals surface area contributed by atoms with Crippen LogP contribution >= 0.6 is 0 Å². The predicted molar refractivity (Wildman–Crippen MR) is 84.7 cm³/mol. The lowest BCUT2D eigenvalue weighted by Gasteiger charge is -2.41. The number of aryl methyl sites for hydroxylation is 1. The summed E-state index contributed by atoms with van der Waals surface area (Å²) in [6.45, 7) is 7.23. The van der Waals surface area contributed by atoms with Crippen molar-refractivity contribution in [2.24, 2.45) is 4.99 Å². The van der Waals surface area contributed by atoms with E-state index in [0.29, 0.717) is 6.42 Å². The number of aromatic amines is 1. The highest BCUT2D eigenvalue weighted by atomic mass is 15.4. The van der Waals surface area contributed by atoms with Gasteiger partial charge in [-0.1, -0.05) is 6.58 Å². The standard InChI is InChI=1S/C16H18N6/c1-3-19-15(14-4-7-20-12(14)2)13-8-21-22(9-13)16(5-6-17)10-18-11-16/h3-4,7-9,18,20H,1,5,10-11H2,2H3. The van der Waals surface area contributed by atoms with E-state index in [-0.39, 0.29) is 5.54 Å². The molecule has 0 spiro atoms. The zero-order valence-electron chi connectivity index (χ0n) is 12.5. The molecule has 22 heavy (non-hydrogen) atoms. The number of rotatable bonds is 5. The van der Waals surface area contributed by atoms with Crippen molar-refractivity contribution in [2.75, 3.05) is 13.1 Å². The first-order valence-corrected chi connectivity index (χ1v) is 7.16. The van der Waals surface area contributed by atoms with Crippen LogP contribution in [0.4, 0.5) is 0 Å². The molecule has 0 saturated carbocycles. The highest BCUT2D eigenvalue weighted by molar-refractivity contribution is 6.13. The smallest absolute Gasteiger partial charge is 0.100 e. The Labute approximate surface area is 129 Å². The molecule has 112 valence electrons. The summed E-state index contributed by atoms with van der Waals surface area (Å²) < 4.78 is 1.89. The van der Waals surface area contributed by atoms with E-state index in [4.69, 9.17) is 5.26 Å². The lowest BCUT2D eigenvalue weighted by atomic mass is 9.89. The quantitative estimate of drug-likeness (QED) is 0.824. The van der Waals surface area contributed by atoms with Gasteiger partial charge in [0.25, 0.3) is 0 Å². The van der Waals surface area contributed by atoms with Crippen molar-refractivity contribution in [3.05, 3.63) is 54.3 Å². The molecule has 3 rings (SSSR count). The minimum Gasteiger partial charge on any atom is -0.365 e. The largest absolute Gasteiger partial charge is 0.365 e. The lowest BCUT2D eigenvalue weighted by molar-refractivity contribution is 0.160. The molecule has 6 nitrogen and oxygen atoms in total. The lowest BCUT2D eigenvalue weighted by Crippen LogP contribution is -2.60. The second kappa shape index (κ2) is 5.62. The summed E-state index contributed by atoms with van der Waals surface area (Å²) in [5.41, 5.74) is 3.59. The SMILES string of the molecule is C=CN=C(c1cnn(C2(CC#N)CNC2)c1)c1cc[nH]c1C. The molecule has 2 aromatic rings. The maximum Gasteiger partial charge on any atom is 0.100 e. The number of nitriles is 1. The molecule has 0 aliphatic carbocycles. The number of aliphatic imine (C=N–C) groups is 1. The Balaban J connectivity index is 1.98. The molecular weight excluding hydrogens is 276 g/mol. The molecule has 0 bridgehead atoms. The number of aromatic nitrogens is 3. The Morgan fingerprint density at radius 1 is 1.64 bits per heavy atom. The molecule has 2 N–H and O–H groups in total. The summed E-state index contributed by atoms with van der Waals surface area (Å²) in [7, 11) is 0. The molecule has 0 atom stereocenters. The zero-order chi connectivity index (χ0) is 15.6. The van der Waals surface area contributed by atoms with E-state index >= 15 is 0 Å². The van der Waals surface area contributed by atoms with Gasteiger partial charge < -0.3 is 10.3 Å². The van der Waals surface area contributed by atoms with Crippen LogP contribution in [-0.2, 0) is 5.54 Å². The monoisotopic (exact) mass is 294 g/mol. The molecule has 6 heteroatoms. The number of hydrogen-bond donors (Lipinski definition) is 2. The van der Waals surface area contributed by atoms with Crippen molar-refractivity contribution in [1.29, 1.82) is 5.26 Å². The molecule has 1 aliphatic heterocycles. The summed E-state index contributed by atoms with van der Waals surface area (Å²) in [5.74, 6) is 0. The second-order valence-electron chi connectivity index (χ2n) is 5.51. The Bertz CT molecular complexity index is 754. The molecule has 0 unspecified atom stereocenters. The summed E-state index contributed by atoms with van der Waals surface area (Å²) in [6, 6.07) is 4.25. The van der Waals surface area contributed by atoms with Crippen LogP contribution in [0.15, 0.2) is 42.4 Å². The molecule has 1 aliphatic rings. The minimum absolute atomic E-state index is 0.237. The fourth-order valence-corrected chi connectivity index (χ4v) is 2.73. The van der Waals surface area contributed by atoms with E-state index < -0.39 is 0 Å². The van der Waals surface area contributed by atoms with Crippen LogP contribution in [0.2, 0.25) is 0 Å². The van der Waals surface area contributed by atoms with Crippen LogP contribution in [0.1, 0.15) is 23.2 Å². The van der Waals surface area contributed by atoms with Gasteiger partial charge in [-0.05, 0) is 13.0 Å². The van der Waals surface area contributed by atoms with Gasteiger partial charge in [0.05, 0.1) is 24.4 Å². The summed E-state index contributed by atoms with van der Waals surface area (Å²) >= 11 is 0. The number of H-pyrrole nitrogens is 1. The topological polar surface area (TPSA) is 81.8 Å². The number of nitrogens with one attached hydrogen (secondary N) is 2. The fourth-order valence-electron chi connectivity index (χ4n) is 2.73. The van der Waals surface area contributed by atoms with Crippen LogP contribution in [0.3, 0.4) is 0 Å². The normalized spacial score (nSPS) is 16.8. The second-order valence-corrected chi connectivity index (χ2v) is 5.51. The molecule has 3 heterocycles. The summed E-state index contributed by atoms with van der Waals surface area (Å²) in [5, 5.41) is 16.7. The van der Waals surface area contributed by atoms with E-state index in [1.807, 2.05) is 30.1 Å². The van der Waals surface area contributed by atoms with E-state index in [9.17, 15) is 0 Å². The Morgan fingerprint density at radius 2 is 2.45 bits per heavy atom. The average molecular weight is 294 g/mol. The summed E-state index contributed by atoms with van der Waals surface area (Å²) in [6.07, 6.45) is 7.63. The van der Waals surface area contributed by atoms with Gasteiger partial charge in [0.1, 0.15) is 5.54 Å². The van der Waals surface area contributed by atoms with E-state index in [0.717, 1.165) is 35.6 Å². The summed E-state index contributed by atoms with van der Waals surface area (Å²) in [4.78, 5) is 7.57. The van der Waals surface area contributed by atoms with E-state index in [2.05, 4.69) is 33.0 Å². The van der Waals surface area contributed by atoms with Crippen LogP contribution in [0.25, 0.3) is 0 Å². The van der Waals surface area contributed by atoms with Gasteiger partial charge in [0.15, 0.2) is 0 Å². The highest BCUT2D eigenvalue weighted by Gasteiger charge is 2.39. The van der Waals surface area contributed by atoms with Gasteiger partial charge in [-0.25, -0.2) is 0 Å². The Hall–Kier alpha value is -2.65. The Kier molecular flexibility index (Phi) is 3.65. The zero-order valence-corrected chi connectivity index (χ0v) is 12.5. The van der Waals surface area contributed by atoms with Crippen molar-refractivity contribution in [2.45, 2.75) is 18.9 Å². The molecule has 1 fully saturated rings. The van der Waals surface area contributed by atoms with Gasteiger partial charge >= 0.3 is 0 Å². The first-order valence-electron chi connectivity index (χ1n) is 7.16. The minimum atomic E-state index is -0.237. The maximum absolute atomic E-state index is 9.06. The third-order valence-electron chi connectivity index (χ3n) is 4.09.